The molecule has 1 aromatic rings. The number of thiophene rings is 1. The maximum atomic E-state index is 6.01. The Hall–Kier alpha value is -0.420. The van der Waals surface area contributed by atoms with E-state index in [1.54, 1.807) is 0 Å². The molecule has 1 aliphatic heterocycles. The van der Waals surface area contributed by atoms with E-state index < -0.39 is 0 Å². The van der Waals surface area contributed by atoms with Crippen molar-refractivity contribution in [2.45, 2.75) is 52.9 Å². The molecule has 0 saturated carbocycles. The number of ether oxygens (including phenoxy) is 2. The number of hydrogen-bond acceptors (Lipinski definition) is 4. The normalized spacial score (nSPS) is 17.0. The van der Waals surface area contributed by atoms with Crippen molar-refractivity contribution in [3.63, 3.8) is 0 Å². The third-order valence-electron chi connectivity index (χ3n) is 3.57. The molecule has 1 saturated heterocycles. The Morgan fingerprint density at radius 3 is 2.85 bits per heavy atom. The molecule has 2 rings (SSSR count). The van der Waals surface area contributed by atoms with E-state index in [0.29, 0.717) is 12.0 Å². The summed E-state index contributed by atoms with van der Waals surface area (Å²) in [6, 6.07) is 2.30. The Bertz CT molecular complexity index is 397. The first kappa shape index (κ1) is 16.0. The van der Waals surface area contributed by atoms with E-state index in [1.807, 2.05) is 11.3 Å². The molecule has 0 radical (unpaired) electrons. The molecule has 1 aliphatic rings. The zero-order valence-electron chi connectivity index (χ0n) is 12.9. The topological polar surface area (TPSA) is 30.5 Å². The van der Waals surface area contributed by atoms with Crippen molar-refractivity contribution in [1.29, 1.82) is 0 Å². The van der Waals surface area contributed by atoms with Gasteiger partial charge in [0.15, 0.2) is 0 Å². The Kier molecular flexibility index (Phi) is 6.49. The Labute approximate surface area is 126 Å². The second-order valence-corrected chi connectivity index (χ2v) is 7.28. The van der Waals surface area contributed by atoms with Crippen LogP contribution in [0.15, 0.2) is 6.07 Å². The van der Waals surface area contributed by atoms with E-state index >= 15 is 0 Å². The van der Waals surface area contributed by atoms with Crippen LogP contribution >= 0.6 is 11.3 Å². The van der Waals surface area contributed by atoms with E-state index in [0.717, 1.165) is 45.8 Å². The van der Waals surface area contributed by atoms with E-state index in [1.165, 1.54) is 15.3 Å². The monoisotopic (exact) mass is 297 g/mol. The minimum Gasteiger partial charge on any atom is -0.381 e. The van der Waals surface area contributed by atoms with Crippen LogP contribution in [-0.4, -0.2) is 25.9 Å². The summed E-state index contributed by atoms with van der Waals surface area (Å²) in [5.74, 6) is 0.701. The van der Waals surface area contributed by atoms with Crippen molar-refractivity contribution < 1.29 is 9.47 Å². The number of hydrogen-bond donors (Lipinski definition) is 1. The molecule has 0 amide bonds. The third kappa shape index (κ3) is 5.17. The van der Waals surface area contributed by atoms with Gasteiger partial charge in [0.05, 0.1) is 12.7 Å². The van der Waals surface area contributed by atoms with Crippen LogP contribution in [0.4, 0.5) is 0 Å². The van der Waals surface area contributed by atoms with Crippen LogP contribution in [0.3, 0.4) is 0 Å². The molecule has 20 heavy (non-hydrogen) atoms. The highest BCUT2D eigenvalue weighted by Crippen LogP contribution is 2.23. The zero-order valence-corrected chi connectivity index (χ0v) is 13.7. The molecular formula is C16H27NO2S. The third-order valence-corrected chi connectivity index (χ3v) is 4.66. The molecule has 1 N–H and O–H groups in total. The van der Waals surface area contributed by atoms with Crippen LogP contribution in [0, 0.1) is 12.8 Å². The predicted molar refractivity (Wildman–Crippen MR) is 84.2 cm³/mol. The van der Waals surface area contributed by atoms with E-state index in [4.69, 9.17) is 9.47 Å². The summed E-state index contributed by atoms with van der Waals surface area (Å²) >= 11 is 1.89. The first-order valence-corrected chi connectivity index (χ1v) is 8.45. The van der Waals surface area contributed by atoms with Gasteiger partial charge >= 0.3 is 0 Å². The number of nitrogens with one attached hydrogen (secondary N) is 1. The van der Waals surface area contributed by atoms with Gasteiger partial charge in [0.25, 0.3) is 0 Å². The number of rotatable bonds is 7. The van der Waals surface area contributed by atoms with Gasteiger partial charge in [-0.1, -0.05) is 13.8 Å². The number of aryl methyl sites for hydroxylation is 1. The quantitative estimate of drug-likeness (QED) is 0.835. The summed E-state index contributed by atoms with van der Waals surface area (Å²) < 4.78 is 11.4. The average Bonchev–Trinajstić information content (AvgIpc) is 2.78. The summed E-state index contributed by atoms with van der Waals surface area (Å²) in [6.45, 7) is 11.2. The van der Waals surface area contributed by atoms with Gasteiger partial charge in [0.1, 0.15) is 0 Å². The van der Waals surface area contributed by atoms with Crippen molar-refractivity contribution in [2.24, 2.45) is 5.92 Å². The van der Waals surface area contributed by atoms with Crippen LogP contribution < -0.4 is 5.32 Å². The van der Waals surface area contributed by atoms with Gasteiger partial charge in [-0.3, -0.25) is 0 Å². The molecule has 0 unspecified atom stereocenters. The van der Waals surface area contributed by atoms with Gasteiger partial charge in [0.2, 0.25) is 0 Å². The molecule has 3 nitrogen and oxygen atoms in total. The van der Waals surface area contributed by atoms with Crippen LogP contribution in [0.2, 0.25) is 0 Å². The van der Waals surface area contributed by atoms with Gasteiger partial charge in [-0.2, -0.15) is 0 Å². The Balaban J connectivity index is 1.77. The molecule has 0 aliphatic carbocycles. The van der Waals surface area contributed by atoms with Gasteiger partial charge < -0.3 is 14.8 Å². The Morgan fingerprint density at radius 1 is 1.40 bits per heavy atom. The Morgan fingerprint density at radius 2 is 2.15 bits per heavy atom. The fraction of sp³-hybridized carbons (Fsp3) is 0.750. The first-order chi connectivity index (χ1) is 9.65. The largest absolute Gasteiger partial charge is 0.381 e. The smallest absolute Gasteiger partial charge is 0.0731 e. The standard InChI is InChI=1S/C16H27NO2S/c1-12(2)9-17-10-16-8-14(13(3)20-16)11-19-15-4-6-18-7-5-15/h8,12,15,17H,4-7,9-11H2,1-3H3. The maximum Gasteiger partial charge on any atom is 0.0731 e. The van der Waals surface area contributed by atoms with E-state index in [2.05, 4.69) is 32.2 Å². The van der Waals surface area contributed by atoms with E-state index in [-0.39, 0.29) is 0 Å². The summed E-state index contributed by atoms with van der Waals surface area (Å²) in [7, 11) is 0. The zero-order chi connectivity index (χ0) is 14.4. The average molecular weight is 297 g/mol. The summed E-state index contributed by atoms with van der Waals surface area (Å²) in [4.78, 5) is 2.80. The summed E-state index contributed by atoms with van der Waals surface area (Å²) in [6.07, 6.45) is 2.45. The van der Waals surface area contributed by atoms with Gasteiger partial charge in [0, 0.05) is 29.5 Å². The molecule has 0 aromatic carbocycles. The SMILES string of the molecule is Cc1sc(CNCC(C)C)cc1COC1CCOCC1. The molecule has 0 spiro atoms. The maximum absolute atomic E-state index is 6.01. The molecule has 1 fully saturated rings. The van der Waals surface area contributed by atoms with Gasteiger partial charge in [-0.05, 0) is 43.9 Å². The molecule has 0 atom stereocenters. The lowest BCUT2D eigenvalue weighted by Gasteiger charge is -2.22. The molecule has 4 heteroatoms. The lowest BCUT2D eigenvalue weighted by Crippen LogP contribution is -2.23. The lowest BCUT2D eigenvalue weighted by atomic mass is 10.1. The molecular weight excluding hydrogens is 270 g/mol. The van der Waals surface area contributed by atoms with Crippen LogP contribution in [0.5, 0.6) is 0 Å². The highest BCUT2D eigenvalue weighted by atomic mass is 32.1. The minimum absolute atomic E-state index is 0.380. The van der Waals surface area contributed by atoms with Gasteiger partial charge in [-0.25, -0.2) is 0 Å². The van der Waals surface area contributed by atoms with Crippen molar-refractivity contribution in [3.05, 3.63) is 21.4 Å². The van der Waals surface area contributed by atoms with Crippen LogP contribution in [-0.2, 0) is 22.6 Å². The first-order valence-electron chi connectivity index (χ1n) is 7.63. The summed E-state index contributed by atoms with van der Waals surface area (Å²) in [5.41, 5.74) is 1.35. The second-order valence-electron chi connectivity index (χ2n) is 5.94. The van der Waals surface area contributed by atoms with E-state index in [9.17, 15) is 0 Å². The van der Waals surface area contributed by atoms with Crippen molar-refractivity contribution in [3.8, 4) is 0 Å². The second kappa shape index (κ2) is 8.13. The molecule has 0 bridgehead atoms. The van der Waals surface area contributed by atoms with Gasteiger partial charge in [-0.15, -0.1) is 11.3 Å². The summed E-state index contributed by atoms with van der Waals surface area (Å²) in [5, 5.41) is 3.50. The highest BCUT2D eigenvalue weighted by molar-refractivity contribution is 7.12. The van der Waals surface area contributed by atoms with Crippen molar-refractivity contribution in [1.82, 2.24) is 5.32 Å². The molecule has 1 aromatic heterocycles. The lowest BCUT2D eigenvalue weighted by molar-refractivity contribution is -0.0390. The van der Waals surface area contributed by atoms with Crippen molar-refractivity contribution >= 4 is 11.3 Å². The van der Waals surface area contributed by atoms with Crippen LogP contribution in [0.1, 0.15) is 42.0 Å². The fourth-order valence-electron chi connectivity index (χ4n) is 2.35. The molecule has 114 valence electrons. The molecule has 2 heterocycles. The van der Waals surface area contributed by atoms with Crippen LogP contribution in [0.25, 0.3) is 0 Å². The highest BCUT2D eigenvalue weighted by Gasteiger charge is 2.15. The minimum atomic E-state index is 0.380. The predicted octanol–water partition coefficient (Wildman–Crippen LogP) is 3.50. The van der Waals surface area contributed by atoms with Crippen molar-refractivity contribution in [2.75, 3.05) is 19.8 Å². The fourth-order valence-corrected chi connectivity index (χ4v) is 3.37.